The van der Waals surface area contributed by atoms with Crippen molar-refractivity contribution < 1.29 is 4.74 Å². The van der Waals surface area contributed by atoms with Crippen LogP contribution in [0.25, 0.3) is 0 Å². The Morgan fingerprint density at radius 2 is 2.23 bits per heavy atom. The van der Waals surface area contributed by atoms with E-state index in [0.717, 1.165) is 24.4 Å². The molecular formula is C11H17NO. The summed E-state index contributed by atoms with van der Waals surface area (Å²) in [6.45, 7) is 9.80. The van der Waals surface area contributed by atoms with Gasteiger partial charge in [0, 0.05) is 18.7 Å². The quantitative estimate of drug-likeness (QED) is 0.528. The average Bonchev–Trinajstić information content (AvgIpc) is 2.47. The monoisotopic (exact) mass is 179 g/mol. The highest BCUT2D eigenvalue weighted by Crippen LogP contribution is 2.19. The van der Waals surface area contributed by atoms with Crippen LogP contribution in [-0.2, 0) is 4.74 Å². The molecule has 0 amide bonds. The molecule has 0 aliphatic carbocycles. The summed E-state index contributed by atoms with van der Waals surface area (Å²) in [5.41, 5.74) is 3.64. The fourth-order valence-electron chi connectivity index (χ4n) is 1.42. The average molecular weight is 179 g/mol. The van der Waals surface area contributed by atoms with Crippen molar-refractivity contribution >= 4 is 0 Å². The highest BCUT2D eigenvalue weighted by atomic mass is 16.5. The highest BCUT2D eigenvalue weighted by Gasteiger charge is 2.14. The van der Waals surface area contributed by atoms with Gasteiger partial charge in [0.25, 0.3) is 0 Å². The van der Waals surface area contributed by atoms with Gasteiger partial charge in [0.1, 0.15) is 5.76 Å². The van der Waals surface area contributed by atoms with Crippen molar-refractivity contribution in [2.75, 3.05) is 20.2 Å². The minimum Gasteiger partial charge on any atom is -0.496 e. The molecule has 0 unspecified atom stereocenters. The first-order valence-corrected chi connectivity index (χ1v) is 4.46. The largest absolute Gasteiger partial charge is 0.496 e. The summed E-state index contributed by atoms with van der Waals surface area (Å²) in [6.07, 6.45) is 1.98. The number of rotatable bonds is 3. The Labute approximate surface area is 80.0 Å². The van der Waals surface area contributed by atoms with E-state index in [-0.39, 0.29) is 0 Å². The van der Waals surface area contributed by atoms with Crippen LogP contribution in [0.3, 0.4) is 0 Å². The van der Waals surface area contributed by atoms with E-state index in [2.05, 4.69) is 18.8 Å². The van der Waals surface area contributed by atoms with Crippen LogP contribution >= 0.6 is 0 Å². The third kappa shape index (κ3) is 2.46. The fourth-order valence-corrected chi connectivity index (χ4v) is 1.42. The van der Waals surface area contributed by atoms with Crippen LogP contribution in [0.4, 0.5) is 0 Å². The summed E-state index contributed by atoms with van der Waals surface area (Å²) < 4.78 is 5.32. The smallest absolute Gasteiger partial charge is 0.123 e. The van der Waals surface area contributed by atoms with Crippen LogP contribution < -0.4 is 5.32 Å². The molecule has 2 heteroatoms. The van der Waals surface area contributed by atoms with E-state index in [9.17, 15) is 0 Å². The first kappa shape index (κ1) is 10.1. The van der Waals surface area contributed by atoms with Crippen molar-refractivity contribution in [1.82, 2.24) is 5.32 Å². The highest BCUT2D eigenvalue weighted by molar-refractivity contribution is 5.38. The van der Waals surface area contributed by atoms with Crippen LogP contribution in [-0.4, -0.2) is 20.2 Å². The van der Waals surface area contributed by atoms with Crippen molar-refractivity contribution in [2.24, 2.45) is 0 Å². The van der Waals surface area contributed by atoms with Crippen molar-refractivity contribution in [3.8, 4) is 0 Å². The molecule has 0 bridgehead atoms. The Bertz CT molecular complexity index is 274. The fraction of sp³-hybridized carbons (Fsp3) is 0.455. The first-order chi connectivity index (χ1) is 6.15. The third-order valence-electron chi connectivity index (χ3n) is 2.10. The van der Waals surface area contributed by atoms with Gasteiger partial charge in [0.05, 0.1) is 7.11 Å². The molecule has 0 atom stereocenters. The number of nitrogens with one attached hydrogen (secondary N) is 1. The molecule has 1 rings (SSSR count). The minimum atomic E-state index is 0.902. The zero-order valence-electron chi connectivity index (χ0n) is 8.61. The molecule has 0 spiro atoms. The predicted molar refractivity (Wildman–Crippen MR) is 55.5 cm³/mol. The van der Waals surface area contributed by atoms with E-state index >= 15 is 0 Å². The Hall–Kier alpha value is -1.02. The molecule has 72 valence electrons. The maximum Gasteiger partial charge on any atom is 0.123 e. The van der Waals surface area contributed by atoms with Crippen molar-refractivity contribution in [2.45, 2.75) is 13.8 Å². The van der Waals surface area contributed by atoms with Gasteiger partial charge in [-0.2, -0.15) is 0 Å². The van der Waals surface area contributed by atoms with Crippen LogP contribution in [0.1, 0.15) is 13.8 Å². The van der Waals surface area contributed by atoms with Crippen LogP contribution in [0.15, 0.2) is 35.1 Å². The SMILES string of the molecule is C=C(C)/C=C(/OC)C1=C(C)CNC1. The molecule has 0 radical (unpaired) electrons. The van der Waals surface area contributed by atoms with E-state index in [1.165, 1.54) is 11.1 Å². The Morgan fingerprint density at radius 1 is 1.54 bits per heavy atom. The summed E-state index contributed by atoms with van der Waals surface area (Å²) in [5, 5.41) is 3.29. The molecule has 1 aliphatic heterocycles. The summed E-state index contributed by atoms with van der Waals surface area (Å²) in [5.74, 6) is 0.940. The van der Waals surface area contributed by atoms with Gasteiger partial charge in [0.2, 0.25) is 0 Å². The lowest BCUT2D eigenvalue weighted by molar-refractivity contribution is 0.299. The third-order valence-corrected chi connectivity index (χ3v) is 2.10. The van der Waals surface area contributed by atoms with E-state index in [1.807, 2.05) is 13.0 Å². The number of hydrogen-bond acceptors (Lipinski definition) is 2. The number of allylic oxidation sites excluding steroid dienone is 2. The molecule has 2 nitrogen and oxygen atoms in total. The molecule has 0 aromatic heterocycles. The summed E-state index contributed by atoms with van der Waals surface area (Å²) in [6, 6.07) is 0. The number of methoxy groups -OCH3 is 1. The molecule has 13 heavy (non-hydrogen) atoms. The van der Waals surface area contributed by atoms with Crippen LogP contribution in [0, 0.1) is 0 Å². The zero-order chi connectivity index (χ0) is 9.84. The summed E-state index contributed by atoms with van der Waals surface area (Å²) in [7, 11) is 1.70. The van der Waals surface area contributed by atoms with E-state index < -0.39 is 0 Å². The topological polar surface area (TPSA) is 21.3 Å². The molecule has 0 aromatic carbocycles. The van der Waals surface area contributed by atoms with Gasteiger partial charge in [0.15, 0.2) is 0 Å². The Balaban J connectivity index is 2.89. The van der Waals surface area contributed by atoms with E-state index in [4.69, 9.17) is 4.74 Å². The lowest BCUT2D eigenvalue weighted by Crippen LogP contribution is -2.09. The van der Waals surface area contributed by atoms with Crippen molar-refractivity contribution in [3.05, 3.63) is 35.1 Å². The number of ether oxygens (including phenoxy) is 1. The second kappa shape index (κ2) is 4.28. The van der Waals surface area contributed by atoms with Crippen LogP contribution in [0.5, 0.6) is 0 Å². The Morgan fingerprint density at radius 3 is 2.62 bits per heavy atom. The van der Waals surface area contributed by atoms with Gasteiger partial charge in [-0.3, -0.25) is 0 Å². The molecule has 1 heterocycles. The summed E-state index contributed by atoms with van der Waals surface area (Å²) in [4.78, 5) is 0. The maximum atomic E-state index is 5.32. The molecule has 0 fully saturated rings. The second-order valence-electron chi connectivity index (χ2n) is 3.42. The van der Waals surface area contributed by atoms with Gasteiger partial charge < -0.3 is 10.1 Å². The standard InChI is InChI=1S/C11H17NO/c1-8(2)5-11(13-4)10-7-12-6-9(10)3/h5,12H,1,6-7H2,2-4H3/b11-5+. The Kier molecular flexibility index (Phi) is 3.32. The lowest BCUT2D eigenvalue weighted by Gasteiger charge is -2.08. The molecule has 1 N–H and O–H groups in total. The van der Waals surface area contributed by atoms with Crippen molar-refractivity contribution in [3.63, 3.8) is 0 Å². The molecule has 0 saturated heterocycles. The molecule has 0 saturated carbocycles. The summed E-state index contributed by atoms with van der Waals surface area (Å²) >= 11 is 0. The first-order valence-electron chi connectivity index (χ1n) is 4.46. The second-order valence-corrected chi connectivity index (χ2v) is 3.42. The van der Waals surface area contributed by atoms with Gasteiger partial charge in [-0.05, 0) is 19.9 Å². The van der Waals surface area contributed by atoms with Crippen LogP contribution in [0.2, 0.25) is 0 Å². The molecule has 0 aromatic rings. The predicted octanol–water partition coefficient (Wildman–Crippen LogP) is 2.01. The van der Waals surface area contributed by atoms with Gasteiger partial charge in [-0.25, -0.2) is 0 Å². The van der Waals surface area contributed by atoms with E-state index in [0.29, 0.717) is 0 Å². The normalized spacial score (nSPS) is 17.9. The van der Waals surface area contributed by atoms with Gasteiger partial charge in [-0.15, -0.1) is 0 Å². The van der Waals surface area contributed by atoms with Gasteiger partial charge in [-0.1, -0.05) is 17.7 Å². The minimum absolute atomic E-state index is 0.902. The molecular weight excluding hydrogens is 162 g/mol. The number of hydrogen-bond donors (Lipinski definition) is 1. The maximum absolute atomic E-state index is 5.32. The zero-order valence-corrected chi connectivity index (χ0v) is 8.61. The van der Waals surface area contributed by atoms with E-state index in [1.54, 1.807) is 7.11 Å². The molecule has 1 aliphatic rings. The van der Waals surface area contributed by atoms with Crippen molar-refractivity contribution in [1.29, 1.82) is 0 Å². The van der Waals surface area contributed by atoms with Gasteiger partial charge >= 0.3 is 0 Å². The lowest BCUT2D eigenvalue weighted by atomic mass is 10.1.